The molecule has 0 atom stereocenters. The van der Waals surface area contributed by atoms with Crippen LogP contribution in [-0.4, -0.2) is 18.1 Å². The van der Waals surface area contributed by atoms with E-state index >= 15 is 0 Å². The summed E-state index contributed by atoms with van der Waals surface area (Å²) in [6.45, 7) is 0.818. The molecule has 106 valence electrons. The summed E-state index contributed by atoms with van der Waals surface area (Å²) in [5.74, 6) is -1.91. The number of anilines is 2. The van der Waals surface area contributed by atoms with E-state index < -0.39 is 11.6 Å². The van der Waals surface area contributed by atoms with Crippen molar-refractivity contribution in [1.29, 1.82) is 0 Å². The first-order chi connectivity index (χ1) is 9.61. The highest BCUT2D eigenvalue weighted by Gasteiger charge is 2.15. The Morgan fingerprint density at radius 1 is 1.05 bits per heavy atom. The second kappa shape index (κ2) is 6.38. The van der Waals surface area contributed by atoms with Gasteiger partial charge in [0.15, 0.2) is 11.6 Å². The standard InChI is InChI=1S/C14H14F3N3/c15-10-2-4-12(5-3-10)20(7-1-6-18)14-13(17)8-11(16)9-19-14/h2-5,8-9H,1,6-7,18H2. The van der Waals surface area contributed by atoms with Crippen LogP contribution in [-0.2, 0) is 0 Å². The van der Waals surface area contributed by atoms with Gasteiger partial charge in [0.25, 0.3) is 0 Å². The largest absolute Gasteiger partial charge is 0.330 e. The van der Waals surface area contributed by atoms with E-state index in [9.17, 15) is 13.2 Å². The van der Waals surface area contributed by atoms with Crippen LogP contribution in [0.3, 0.4) is 0 Å². The smallest absolute Gasteiger partial charge is 0.169 e. The van der Waals surface area contributed by atoms with Crippen LogP contribution in [0.2, 0.25) is 0 Å². The Hall–Kier alpha value is -2.08. The summed E-state index contributed by atoms with van der Waals surface area (Å²) < 4.78 is 39.7. The quantitative estimate of drug-likeness (QED) is 0.916. The minimum absolute atomic E-state index is 0.00791. The van der Waals surface area contributed by atoms with Crippen molar-refractivity contribution in [2.24, 2.45) is 5.73 Å². The highest BCUT2D eigenvalue weighted by Crippen LogP contribution is 2.26. The molecule has 0 spiro atoms. The Morgan fingerprint density at radius 2 is 1.75 bits per heavy atom. The molecule has 0 saturated carbocycles. The van der Waals surface area contributed by atoms with Crippen molar-refractivity contribution < 1.29 is 13.2 Å². The molecule has 6 heteroatoms. The van der Waals surface area contributed by atoms with E-state index in [2.05, 4.69) is 4.98 Å². The first kappa shape index (κ1) is 14.3. The molecule has 2 rings (SSSR count). The van der Waals surface area contributed by atoms with Gasteiger partial charge in [-0.15, -0.1) is 0 Å². The predicted octanol–water partition coefficient (Wildman–Crippen LogP) is 2.99. The van der Waals surface area contributed by atoms with E-state index in [1.807, 2.05) is 0 Å². The van der Waals surface area contributed by atoms with E-state index in [0.717, 1.165) is 12.3 Å². The number of aromatic nitrogens is 1. The summed E-state index contributed by atoms with van der Waals surface area (Å²) in [4.78, 5) is 5.31. The van der Waals surface area contributed by atoms with Crippen LogP contribution in [0.1, 0.15) is 6.42 Å². The SMILES string of the molecule is NCCCN(c1ccc(F)cc1)c1ncc(F)cc1F. The zero-order chi connectivity index (χ0) is 14.5. The minimum Gasteiger partial charge on any atom is -0.330 e. The molecule has 0 radical (unpaired) electrons. The molecule has 0 unspecified atom stereocenters. The third-order valence-electron chi connectivity index (χ3n) is 2.77. The van der Waals surface area contributed by atoms with E-state index in [1.165, 1.54) is 24.3 Å². The van der Waals surface area contributed by atoms with Gasteiger partial charge in [-0.25, -0.2) is 18.2 Å². The van der Waals surface area contributed by atoms with Crippen LogP contribution in [0.15, 0.2) is 36.5 Å². The van der Waals surface area contributed by atoms with Gasteiger partial charge < -0.3 is 10.6 Å². The van der Waals surface area contributed by atoms with Crippen molar-refractivity contribution in [3.05, 3.63) is 54.0 Å². The molecule has 2 N–H and O–H groups in total. The molecule has 1 aromatic heterocycles. The molecule has 0 amide bonds. The molecular weight excluding hydrogens is 267 g/mol. The summed E-state index contributed by atoms with van der Waals surface area (Å²) in [7, 11) is 0. The Morgan fingerprint density at radius 3 is 2.35 bits per heavy atom. The molecule has 0 saturated heterocycles. The highest BCUT2D eigenvalue weighted by atomic mass is 19.1. The van der Waals surface area contributed by atoms with E-state index in [4.69, 9.17) is 5.73 Å². The van der Waals surface area contributed by atoms with Gasteiger partial charge in [0.05, 0.1) is 6.20 Å². The zero-order valence-electron chi connectivity index (χ0n) is 10.7. The Bertz CT molecular complexity index is 572. The Labute approximate surface area is 114 Å². The van der Waals surface area contributed by atoms with Gasteiger partial charge in [0.1, 0.15) is 11.6 Å². The average Bonchev–Trinajstić information content (AvgIpc) is 2.42. The monoisotopic (exact) mass is 281 g/mol. The molecule has 0 bridgehead atoms. The zero-order valence-corrected chi connectivity index (χ0v) is 10.7. The summed E-state index contributed by atoms with van der Waals surface area (Å²) >= 11 is 0. The van der Waals surface area contributed by atoms with Crippen molar-refractivity contribution in [1.82, 2.24) is 4.98 Å². The third-order valence-corrected chi connectivity index (χ3v) is 2.77. The summed E-state index contributed by atoms with van der Waals surface area (Å²) in [5.41, 5.74) is 6.03. The second-order valence-corrected chi connectivity index (χ2v) is 4.23. The Kier molecular flexibility index (Phi) is 4.57. The maximum absolute atomic E-state index is 13.8. The maximum Gasteiger partial charge on any atom is 0.169 e. The summed E-state index contributed by atoms with van der Waals surface area (Å²) in [6, 6.07) is 6.33. The topological polar surface area (TPSA) is 42.1 Å². The van der Waals surface area contributed by atoms with Crippen molar-refractivity contribution in [2.75, 3.05) is 18.0 Å². The van der Waals surface area contributed by atoms with Crippen LogP contribution < -0.4 is 10.6 Å². The van der Waals surface area contributed by atoms with Crippen molar-refractivity contribution in [3.63, 3.8) is 0 Å². The number of hydrogen-bond donors (Lipinski definition) is 1. The molecule has 0 aliphatic carbocycles. The molecule has 2 aromatic rings. The minimum atomic E-state index is -0.772. The number of pyridine rings is 1. The molecule has 0 aliphatic rings. The lowest BCUT2D eigenvalue weighted by Crippen LogP contribution is -2.23. The number of hydrogen-bond acceptors (Lipinski definition) is 3. The first-order valence-corrected chi connectivity index (χ1v) is 6.16. The predicted molar refractivity (Wildman–Crippen MR) is 71.2 cm³/mol. The van der Waals surface area contributed by atoms with Crippen LogP contribution in [0, 0.1) is 17.5 Å². The van der Waals surface area contributed by atoms with Crippen molar-refractivity contribution in [3.8, 4) is 0 Å². The number of nitrogens with zero attached hydrogens (tertiary/aromatic N) is 2. The van der Waals surface area contributed by atoms with Gasteiger partial charge in [-0.3, -0.25) is 0 Å². The fourth-order valence-corrected chi connectivity index (χ4v) is 1.83. The van der Waals surface area contributed by atoms with Gasteiger partial charge in [0, 0.05) is 18.3 Å². The molecular formula is C14H14F3N3. The van der Waals surface area contributed by atoms with E-state index in [1.54, 1.807) is 4.90 Å². The van der Waals surface area contributed by atoms with Gasteiger partial charge in [-0.2, -0.15) is 0 Å². The lowest BCUT2D eigenvalue weighted by Gasteiger charge is -2.24. The normalized spacial score (nSPS) is 10.6. The summed E-state index contributed by atoms with van der Waals surface area (Å²) in [6.07, 6.45) is 1.53. The fraction of sp³-hybridized carbons (Fsp3) is 0.214. The molecule has 0 fully saturated rings. The van der Waals surface area contributed by atoms with Gasteiger partial charge in [-0.05, 0) is 37.2 Å². The number of nitrogens with two attached hydrogens (primary N) is 1. The average molecular weight is 281 g/mol. The van der Waals surface area contributed by atoms with Crippen LogP contribution in [0.5, 0.6) is 0 Å². The van der Waals surface area contributed by atoms with E-state index in [-0.39, 0.29) is 11.6 Å². The van der Waals surface area contributed by atoms with Crippen LogP contribution >= 0.6 is 0 Å². The molecule has 1 heterocycles. The lowest BCUT2D eigenvalue weighted by atomic mass is 10.2. The highest BCUT2D eigenvalue weighted by molar-refractivity contribution is 5.60. The molecule has 3 nitrogen and oxygen atoms in total. The molecule has 1 aromatic carbocycles. The van der Waals surface area contributed by atoms with Crippen LogP contribution in [0.25, 0.3) is 0 Å². The van der Waals surface area contributed by atoms with Crippen molar-refractivity contribution in [2.45, 2.75) is 6.42 Å². The molecule has 20 heavy (non-hydrogen) atoms. The fourth-order valence-electron chi connectivity index (χ4n) is 1.83. The van der Waals surface area contributed by atoms with Gasteiger partial charge >= 0.3 is 0 Å². The van der Waals surface area contributed by atoms with Gasteiger partial charge in [-0.1, -0.05) is 0 Å². The second-order valence-electron chi connectivity index (χ2n) is 4.23. The van der Waals surface area contributed by atoms with Crippen molar-refractivity contribution >= 4 is 11.5 Å². The third kappa shape index (κ3) is 3.27. The Balaban J connectivity index is 2.38. The summed E-state index contributed by atoms with van der Waals surface area (Å²) in [5, 5.41) is 0. The maximum atomic E-state index is 13.8. The lowest BCUT2D eigenvalue weighted by molar-refractivity contribution is 0.571. The van der Waals surface area contributed by atoms with Crippen LogP contribution in [0.4, 0.5) is 24.7 Å². The number of benzene rings is 1. The number of halogens is 3. The van der Waals surface area contributed by atoms with Gasteiger partial charge in [0.2, 0.25) is 0 Å². The molecule has 0 aliphatic heterocycles. The first-order valence-electron chi connectivity index (χ1n) is 6.16. The van der Waals surface area contributed by atoms with E-state index in [0.29, 0.717) is 25.2 Å². The number of rotatable bonds is 5.